The van der Waals surface area contributed by atoms with Gasteiger partial charge in [0.1, 0.15) is 5.03 Å². The molecule has 32 heavy (non-hydrogen) atoms. The molecule has 164 valence electrons. The van der Waals surface area contributed by atoms with E-state index in [1.165, 1.54) is 11.8 Å². The van der Waals surface area contributed by atoms with Gasteiger partial charge in [-0.05, 0) is 68.3 Å². The summed E-state index contributed by atoms with van der Waals surface area (Å²) in [6, 6.07) is 20.9. The van der Waals surface area contributed by atoms with Gasteiger partial charge in [0, 0.05) is 36.3 Å². The van der Waals surface area contributed by atoms with Crippen LogP contribution in [-0.4, -0.2) is 40.0 Å². The van der Waals surface area contributed by atoms with Crippen molar-refractivity contribution in [2.24, 2.45) is 0 Å². The van der Waals surface area contributed by atoms with Gasteiger partial charge in [0.05, 0.1) is 10.8 Å². The number of para-hydroxylation sites is 1. The minimum absolute atomic E-state index is 0.103. The average molecular weight is 447 g/mol. The molecule has 1 aliphatic rings. The number of hydrogen-bond acceptors (Lipinski definition) is 5. The van der Waals surface area contributed by atoms with Crippen molar-refractivity contribution in [2.45, 2.75) is 30.0 Å². The van der Waals surface area contributed by atoms with Crippen LogP contribution in [0.15, 0.2) is 78.0 Å². The minimum Gasteiger partial charge on any atom is -0.356 e. The molecule has 1 atom stereocenters. The van der Waals surface area contributed by atoms with E-state index in [1.54, 1.807) is 18.3 Å². The number of thioether (sulfide) groups is 1. The molecule has 2 N–H and O–H groups in total. The number of amides is 2. The third kappa shape index (κ3) is 5.48. The number of nitrogens with zero attached hydrogens (tertiary/aromatic N) is 2. The number of carbonyl (C=O) groups excluding carboxylic acids is 2. The highest BCUT2D eigenvalue weighted by atomic mass is 32.2. The lowest BCUT2D eigenvalue weighted by Gasteiger charge is -2.20. The molecule has 0 saturated carbocycles. The van der Waals surface area contributed by atoms with Gasteiger partial charge in [-0.15, -0.1) is 0 Å². The summed E-state index contributed by atoms with van der Waals surface area (Å²) < 4.78 is 0. The van der Waals surface area contributed by atoms with Crippen molar-refractivity contribution in [3.8, 4) is 0 Å². The van der Waals surface area contributed by atoms with Crippen LogP contribution in [0.1, 0.15) is 30.1 Å². The summed E-state index contributed by atoms with van der Waals surface area (Å²) in [7, 11) is 0. The maximum absolute atomic E-state index is 12.9. The molecular formula is C25H26N4O2S. The molecule has 1 aliphatic heterocycles. The number of anilines is 3. The third-order valence-corrected chi connectivity index (χ3v) is 6.38. The number of benzene rings is 2. The smallest absolute Gasteiger partial charge is 0.258 e. The van der Waals surface area contributed by atoms with Crippen molar-refractivity contribution >= 4 is 40.6 Å². The summed E-state index contributed by atoms with van der Waals surface area (Å²) >= 11 is 1.33. The molecule has 1 unspecified atom stereocenters. The Labute approximate surface area is 192 Å². The van der Waals surface area contributed by atoms with Gasteiger partial charge in [-0.25, -0.2) is 4.98 Å². The fourth-order valence-corrected chi connectivity index (χ4v) is 4.59. The van der Waals surface area contributed by atoms with E-state index in [1.807, 2.05) is 66.4 Å². The van der Waals surface area contributed by atoms with E-state index in [0.717, 1.165) is 37.3 Å². The molecule has 0 bridgehead atoms. The predicted octanol–water partition coefficient (Wildman–Crippen LogP) is 5.18. The number of nitrogens with one attached hydrogen (secondary N) is 2. The Morgan fingerprint density at radius 2 is 1.56 bits per heavy atom. The standard InChI is InChI=1S/C25H26N4O2S/c1-18(25(31)29-16-5-6-17-29)32-24-22(10-7-15-26-24)23(30)28-21-13-11-20(12-14-21)27-19-8-3-2-4-9-19/h2-4,7-15,18,27H,5-6,16-17H2,1H3,(H,28,30). The lowest BCUT2D eigenvalue weighted by molar-refractivity contribution is -0.129. The number of rotatable bonds is 7. The monoisotopic (exact) mass is 446 g/mol. The van der Waals surface area contributed by atoms with Crippen molar-refractivity contribution in [3.05, 3.63) is 78.5 Å². The summed E-state index contributed by atoms with van der Waals surface area (Å²) in [5, 5.41) is 6.52. The molecule has 2 amide bonds. The number of carbonyl (C=O) groups is 2. The molecule has 0 spiro atoms. The highest BCUT2D eigenvalue weighted by Crippen LogP contribution is 2.28. The number of likely N-dealkylation sites (tertiary alicyclic amines) is 1. The normalized spacial score (nSPS) is 14.1. The van der Waals surface area contributed by atoms with Crippen molar-refractivity contribution in [2.75, 3.05) is 23.7 Å². The Bertz CT molecular complexity index is 1070. The summed E-state index contributed by atoms with van der Waals surface area (Å²) in [5.74, 6) is -0.142. The van der Waals surface area contributed by atoms with E-state index in [2.05, 4.69) is 15.6 Å². The summed E-state index contributed by atoms with van der Waals surface area (Å²) in [6.45, 7) is 3.50. The van der Waals surface area contributed by atoms with Gasteiger partial charge < -0.3 is 15.5 Å². The second kappa shape index (κ2) is 10.3. The topological polar surface area (TPSA) is 74.3 Å². The molecule has 1 aromatic heterocycles. The molecule has 4 rings (SSSR count). The maximum Gasteiger partial charge on any atom is 0.258 e. The van der Waals surface area contributed by atoms with Crippen LogP contribution in [-0.2, 0) is 4.79 Å². The Balaban J connectivity index is 1.40. The highest BCUT2D eigenvalue weighted by molar-refractivity contribution is 8.00. The SMILES string of the molecule is CC(Sc1ncccc1C(=O)Nc1ccc(Nc2ccccc2)cc1)C(=O)N1CCCC1. The van der Waals surface area contributed by atoms with Gasteiger partial charge in [-0.3, -0.25) is 9.59 Å². The average Bonchev–Trinajstić information content (AvgIpc) is 3.36. The molecular weight excluding hydrogens is 420 g/mol. The van der Waals surface area contributed by atoms with Gasteiger partial charge in [-0.1, -0.05) is 30.0 Å². The van der Waals surface area contributed by atoms with E-state index < -0.39 is 0 Å². The molecule has 2 heterocycles. The first-order valence-corrected chi connectivity index (χ1v) is 11.6. The lowest BCUT2D eigenvalue weighted by atomic mass is 10.2. The fourth-order valence-electron chi connectivity index (χ4n) is 3.59. The molecule has 1 fully saturated rings. The van der Waals surface area contributed by atoms with E-state index in [-0.39, 0.29) is 17.1 Å². The first kappa shape index (κ1) is 21.9. The van der Waals surface area contributed by atoms with Crippen molar-refractivity contribution < 1.29 is 9.59 Å². The number of aromatic nitrogens is 1. The van der Waals surface area contributed by atoms with Gasteiger partial charge >= 0.3 is 0 Å². The number of hydrogen-bond donors (Lipinski definition) is 2. The van der Waals surface area contributed by atoms with Crippen LogP contribution < -0.4 is 10.6 Å². The quantitative estimate of drug-likeness (QED) is 0.489. The van der Waals surface area contributed by atoms with Crippen LogP contribution in [0.5, 0.6) is 0 Å². The first-order valence-electron chi connectivity index (χ1n) is 10.7. The zero-order chi connectivity index (χ0) is 22.3. The second-order valence-electron chi connectivity index (χ2n) is 7.67. The molecule has 0 aliphatic carbocycles. The largest absolute Gasteiger partial charge is 0.356 e. The molecule has 1 saturated heterocycles. The fraction of sp³-hybridized carbons (Fsp3) is 0.240. The highest BCUT2D eigenvalue weighted by Gasteiger charge is 2.25. The second-order valence-corrected chi connectivity index (χ2v) is 9.00. The summed E-state index contributed by atoms with van der Waals surface area (Å²) in [4.78, 5) is 31.9. The third-order valence-electron chi connectivity index (χ3n) is 5.27. The van der Waals surface area contributed by atoms with Crippen LogP contribution in [0.25, 0.3) is 0 Å². The lowest BCUT2D eigenvalue weighted by Crippen LogP contribution is -2.34. The summed E-state index contributed by atoms with van der Waals surface area (Å²) in [5.41, 5.74) is 3.08. The van der Waals surface area contributed by atoms with E-state index in [0.29, 0.717) is 16.3 Å². The summed E-state index contributed by atoms with van der Waals surface area (Å²) in [6.07, 6.45) is 3.76. The van der Waals surface area contributed by atoms with E-state index in [4.69, 9.17) is 0 Å². The van der Waals surface area contributed by atoms with Crippen molar-refractivity contribution in [3.63, 3.8) is 0 Å². The van der Waals surface area contributed by atoms with Crippen LogP contribution in [0.4, 0.5) is 17.1 Å². The van der Waals surface area contributed by atoms with Crippen LogP contribution in [0, 0.1) is 0 Å². The van der Waals surface area contributed by atoms with Crippen LogP contribution >= 0.6 is 11.8 Å². The Morgan fingerprint density at radius 3 is 2.28 bits per heavy atom. The Hall–Kier alpha value is -3.32. The number of pyridine rings is 1. The van der Waals surface area contributed by atoms with Gasteiger partial charge in [0.2, 0.25) is 5.91 Å². The van der Waals surface area contributed by atoms with Gasteiger partial charge in [-0.2, -0.15) is 0 Å². The predicted molar refractivity (Wildman–Crippen MR) is 129 cm³/mol. The van der Waals surface area contributed by atoms with Crippen LogP contribution in [0.2, 0.25) is 0 Å². The maximum atomic E-state index is 12.9. The van der Waals surface area contributed by atoms with Crippen molar-refractivity contribution in [1.29, 1.82) is 0 Å². The first-order chi connectivity index (χ1) is 15.6. The Kier molecular flexibility index (Phi) is 7.07. The van der Waals surface area contributed by atoms with E-state index in [9.17, 15) is 9.59 Å². The molecule has 0 radical (unpaired) electrons. The van der Waals surface area contributed by atoms with E-state index >= 15 is 0 Å². The van der Waals surface area contributed by atoms with Crippen molar-refractivity contribution in [1.82, 2.24) is 9.88 Å². The van der Waals surface area contributed by atoms with Gasteiger partial charge in [0.25, 0.3) is 5.91 Å². The minimum atomic E-state index is -0.294. The zero-order valence-corrected chi connectivity index (χ0v) is 18.8. The molecule has 7 heteroatoms. The zero-order valence-electron chi connectivity index (χ0n) is 18.0. The van der Waals surface area contributed by atoms with Crippen LogP contribution in [0.3, 0.4) is 0 Å². The molecule has 2 aromatic carbocycles. The Morgan fingerprint density at radius 1 is 0.906 bits per heavy atom. The molecule has 3 aromatic rings. The molecule has 6 nitrogen and oxygen atoms in total. The van der Waals surface area contributed by atoms with Gasteiger partial charge in [0.15, 0.2) is 0 Å².